The number of allylic oxidation sites excluding steroid dienone is 2. The van der Waals surface area contributed by atoms with Crippen LogP contribution < -0.4 is 5.32 Å². The molecule has 1 heterocycles. The molecule has 1 N–H and O–H groups in total. The first-order chi connectivity index (χ1) is 11.0. The zero-order valence-corrected chi connectivity index (χ0v) is 13.3. The molecule has 5 nitrogen and oxygen atoms in total. The number of nitrogens with one attached hydrogen (secondary N) is 1. The van der Waals surface area contributed by atoms with E-state index in [1.165, 1.54) is 0 Å². The molecule has 1 aliphatic carbocycles. The average Bonchev–Trinajstić information content (AvgIpc) is 2.81. The summed E-state index contributed by atoms with van der Waals surface area (Å²) in [7, 11) is 0. The molecule has 1 fully saturated rings. The molecular weight excluding hydrogens is 292 g/mol. The highest BCUT2D eigenvalue weighted by atomic mass is 16.2. The lowest BCUT2D eigenvalue weighted by Crippen LogP contribution is -2.46. The molecule has 120 valence electrons. The fourth-order valence-electron chi connectivity index (χ4n) is 3.28. The number of carbonyl (C=O) groups is 3. The molecule has 1 saturated heterocycles. The molecule has 3 atom stereocenters. The minimum absolute atomic E-state index is 0.225. The molecule has 23 heavy (non-hydrogen) atoms. The number of rotatable bonds is 3. The van der Waals surface area contributed by atoms with E-state index in [0.717, 1.165) is 10.5 Å². The van der Waals surface area contributed by atoms with Crippen molar-refractivity contribution in [2.75, 3.05) is 5.32 Å². The van der Waals surface area contributed by atoms with E-state index in [1.54, 1.807) is 13.0 Å². The number of hydrogen-bond acceptors (Lipinski definition) is 3. The summed E-state index contributed by atoms with van der Waals surface area (Å²) in [5, 5.41) is 2.81. The largest absolute Gasteiger partial charge is 0.324 e. The summed E-state index contributed by atoms with van der Waals surface area (Å²) in [4.78, 5) is 38.6. The van der Waals surface area contributed by atoms with Crippen LogP contribution in [-0.2, 0) is 14.4 Å². The third kappa shape index (κ3) is 2.67. The molecule has 3 amide bonds. The van der Waals surface area contributed by atoms with E-state index in [9.17, 15) is 14.4 Å². The summed E-state index contributed by atoms with van der Waals surface area (Å²) in [6.45, 7) is 3.50. The van der Waals surface area contributed by atoms with Crippen molar-refractivity contribution in [3.05, 3.63) is 42.0 Å². The predicted octanol–water partition coefficient (Wildman–Crippen LogP) is 2.27. The van der Waals surface area contributed by atoms with Crippen LogP contribution in [0.1, 0.15) is 25.3 Å². The van der Waals surface area contributed by atoms with Gasteiger partial charge >= 0.3 is 0 Å². The van der Waals surface area contributed by atoms with Gasteiger partial charge in [0.2, 0.25) is 17.7 Å². The summed E-state index contributed by atoms with van der Waals surface area (Å²) in [6, 6.07) is 6.61. The number of likely N-dealkylation sites (tertiary alicyclic amines) is 1. The molecule has 3 rings (SSSR count). The second kappa shape index (κ2) is 5.99. The van der Waals surface area contributed by atoms with Crippen LogP contribution in [0.2, 0.25) is 0 Å². The van der Waals surface area contributed by atoms with Crippen LogP contribution in [0.15, 0.2) is 36.4 Å². The number of amides is 3. The topological polar surface area (TPSA) is 66.5 Å². The van der Waals surface area contributed by atoms with Crippen LogP contribution in [0.5, 0.6) is 0 Å². The zero-order chi connectivity index (χ0) is 16.6. The standard InChI is InChI=1S/C18H20N2O3/c1-11-7-3-6-10-15(11)19-16(21)12(2)20-17(22)13-8-4-5-9-14(13)18(20)23/h3-7,10,12-14H,8-9H2,1-2H3,(H,19,21)/t12-,13-,14+/m0/s1. The molecule has 2 aliphatic rings. The number of benzene rings is 1. The van der Waals surface area contributed by atoms with E-state index >= 15 is 0 Å². The van der Waals surface area contributed by atoms with Crippen molar-refractivity contribution in [2.45, 2.75) is 32.7 Å². The highest BCUT2D eigenvalue weighted by Gasteiger charge is 2.50. The highest BCUT2D eigenvalue weighted by molar-refractivity contribution is 6.10. The Bertz CT molecular complexity index is 669. The van der Waals surface area contributed by atoms with Crippen LogP contribution >= 0.6 is 0 Å². The number of hydrogen-bond donors (Lipinski definition) is 1. The minimum Gasteiger partial charge on any atom is -0.324 e. The Morgan fingerprint density at radius 3 is 2.26 bits per heavy atom. The lowest BCUT2D eigenvalue weighted by molar-refractivity contribution is -0.146. The number of imide groups is 1. The van der Waals surface area contributed by atoms with Crippen molar-refractivity contribution >= 4 is 23.4 Å². The summed E-state index contributed by atoms with van der Waals surface area (Å²) < 4.78 is 0. The van der Waals surface area contributed by atoms with Gasteiger partial charge in [-0.2, -0.15) is 0 Å². The molecule has 1 aromatic carbocycles. The first-order valence-corrected chi connectivity index (χ1v) is 7.89. The van der Waals surface area contributed by atoms with E-state index in [0.29, 0.717) is 18.5 Å². The van der Waals surface area contributed by atoms with Crippen molar-refractivity contribution in [1.82, 2.24) is 4.90 Å². The van der Waals surface area contributed by atoms with E-state index in [1.807, 2.05) is 37.3 Å². The van der Waals surface area contributed by atoms with Crippen molar-refractivity contribution < 1.29 is 14.4 Å². The van der Waals surface area contributed by atoms with Crippen molar-refractivity contribution in [3.63, 3.8) is 0 Å². The van der Waals surface area contributed by atoms with Crippen molar-refractivity contribution in [3.8, 4) is 0 Å². The van der Waals surface area contributed by atoms with Crippen LogP contribution in [-0.4, -0.2) is 28.7 Å². The number of carbonyl (C=O) groups excluding carboxylic acids is 3. The highest BCUT2D eigenvalue weighted by Crippen LogP contribution is 2.36. The third-order valence-corrected chi connectivity index (χ3v) is 4.71. The summed E-state index contributed by atoms with van der Waals surface area (Å²) in [5.41, 5.74) is 1.63. The van der Waals surface area contributed by atoms with Gasteiger partial charge < -0.3 is 5.32 Å². The molecule has 0 bridgehead atoms. The number of anilines is 1. The summed E-state index contributed by atoms with van der Waals surface area (Å²) in [5.74, 6) is -1.40. The smallest absolute Gasteiger partial charge is 0.247 e. The monoisotopic (exact) mass is 312 g/mol. The second-order valence-electron chi connectivity index (χ2n) is 6.18. The molecule has 0 radical (unpaired) electrons. The molecule has 1 aliphatic heterocycles. The number of para-hydroxylation sites is 1. The quantitative estimate of drug-likeness (QED) is 0.688. The molecule has 1 aromatic rings. The third-order valence-electron chi connectivity index (χ3n) is 4.71. The van der Waals surface area contributed by atoms with Gasteiger partial charge in [-0.3, -0.25) is 19.3 Å². The Hall–Kier alpha value is -2.43. The van der Waals surface area contributed by atoms with Crippen molar-refractivity contribution in [2.24, 2.45) is 11.8 Å². The first-order valence-electron chi connectivity index (χ1n) is 7.89. The van der Waals surface area contributed by atoms with Gasteiger partial charge in [-0.25, -0.2) is 0 Å². The van der Waals surface area contributed by atoms with Crippen LogP contribution in [0.4, 0.5) is 5.69 Å². The Morgan fingerprint density at radius 1 is 1.13 bits per heavy atom. The Balaban J connectivity index is 1.76. The Kier molecular flexibility index (Phi) is 4.03. The van der Waals surface area contributed by atoms with Gasteiger partial charge in [0.25, 0.3) is 0 Å². The van der Waals surface area contributed by atoms with E-state index in [4.69, 9.17) is 0 Å². The van der Waals surface area contributed by atoms with Crippen LogP contribution in [0, 0.1) is 18.8 Å². The SMILES string of the molecule is Cc1ccccc1NC(=O)[C@H](C)N1C(=O)[C@H]2CC=CC[C@H]2C1=O. The Morgan fingerprint density at radius 2 is 1.70 bits per heavy atom. The molecule has 0 saturated carbocycles. The second-order valence-corrected chi connectivity index (χ2v) is 6.18. The van der Waals surface area contributed by atoms with E-state index in [-0.39, 0.29) is 29.6 Å². The maximum absolute atomic E-state index is 12.5. The van der Waals surface area contributed by atoms with Gasteiger partial charge in [0.15, 0.2) is 0 Å². The molecular formula is C18H20N2O3. The lowest BCUT2D eigenvalue weighted by Gasteiger charge is -2.22. The lowest BCUT2D eigenvalue weighted by atomic mass is 9.85. The molecule has 0 aromatic heterocycles. The van der Waals surface area contributed by atoms with Crippen LogP contribution in [0.25, 0.3) is 0 Å². The number of aryl methyl sites for hydroxylation is 1. The maximum Gasteiger partial charge on any atom is 0.247 e. The van der Waals surface area contributed by atoms with Crippen molar-refractivity contribution in [1.29, 1.82) is 0 Å². The maximum atomic E-state index is 12.5. The van der Waals surface area contributed by atoms with E-state index in [2.05, 4.69) is 5.32 Å². The van der Waals surface area contributed by atoms with Gasteiger partial charge in [0.1, 0.15) is 6.04 Å². The fraction of sp³-hybridized carbons (Fsp3) is 0.389. The number of nitrogens with zero attached hydrogens (tertiary/aromatic N) is 1. The van der Waals surface area contributed by atoms with E-state index < -0.39 is 6.04 Å². The summed E-state index contributed by atoms with van der Waals surface area (Å²) in [6.07, 6.45) is 5.04. The minimum atomic E-state index is -0.805. The average molecular weight is 312 g/mol. The molecule has 0 spiro atoms. The van der Waals surface area contributed by atoms with Gasteiger partial charge in [0.05, 0.1) is 11.8 Å². The normalized spacial score (nSPS) is 24.5. The predicted molar refractivity (Wildman–Crippen MR) is 86.5 cm³/mol. The van der Waals surface area contributed by atoms with Gasteiger partial charge in [-0.15, -0.1) is 0 Å². The first kappa shape index (κ1) is 15.5. The zero-order valence-electron chi connectivity index (χ0n) is 13.3. The Labute approximate surface area is 135 Å². The fourth-order valence-corrected chi connectivity index (χ4v) is 3.28. The molecule has 0 unspecified atom stereocenters. The van der Waals surface area contributed by atoms with Gasteiger partial charge in [0, 0.05) is 5.69 Å². The molecule has 5 heteroatoms. The van der Waals surface area contributed by atoms with Gasteiger partial charge in [-0.05, 0) is 38.3 Å². The summed E-state index contributed by atoms with van der Waals surface area (Å²) >= 11 is 0. The van der Waals surface area contributed by atoms with Gasteiger partial charge in [-0.1, -0.05) is 30.4 Å². The van der Waals surface area contributed by atoms with Crippen LogP contribution in [0.3, 0.4) is 0 Å². The number of fused-ring (bicyclic) bond motifs is 1.